The molecule has 0 aliphatic heterocycles. The van der Waals surface area contributed by atoms with Gasteiger partial charge in [0.2, 0.25) is 0 Å². The van der Waals surface area contributed by atoms with Gasteiger partial charge in [0.05, 0.1) is 30.6 Å². The topological polar surface area (TPSA) is 78.0 Å². The van der Waals surface area contributed by atoms with Crippen molar-refractivity contribution in [2.45, 2.75) is 45.9 Å². The zero-order valence-electron chi connectivity index (χ0n) is 10.2. The summed E-state index contributed by atoms with van der Waals surface area (Å²) in [4.78, 5) is 0. The molecule has 16 heavy (non-hydrogen) atoms. The minimum absolute atomic E-state index is 0.0658. The standard InChI is InChI=1S/C10H21N5O/c1-4-5-15-10(6-12-14-15)9(13-11)7-16-8(2)3/h6,8-9,13H,4-5,7,11H2,1-3H3. The van der Waals surface area contributed by atoms with Crippen LogP contribution in [-0.2, 0) is 11.3 Å². The van der Waals surface area contributed by atoms with Crippen LogP contribution in [0.25, 0.3) is 0 Å². The Hall–Kier alpha value is -0.980. The summed E-state index contributed by atoms with van der Waals surface area (Å²) in [7, 11) is 0. The van der Waals surface area contributed by atoms with Crippen molar-refractivity contribution in [1.82, 2.24) is 20.4 Å². The summed E-state index contributed by atoms with van der Waals surface area (Å²) in [6.45, 7) is 7.45. The molecule has 0 amide bonds. The summed E-state index contributed by atoms with van der Waals surface area (Å²) in [6.07, 6.45) is 2.93. The van der Waals surface area contributed by atoms with Crippen molar-refractivity contribution >= 4 is 0 Å². The van der Waals surface area contributed by atoms with Gasteiger partial charge in [-0.3, -0.25) is 5.84 Å². The maximum absolute atomic E-state index is 5.54. The largest absolute Gasteiger partial charge is 0.377 e. The average molecular weight is 227 g/mol. The van der Waals surface area contributed by atoms with Gasteiger partial charge < -0.3 is 4.74 Å². The SMILES string of the molecule is CCCn1nncc1C(COC(C)C)NN. The van der Waals surface area contributed by atoms with E-state index in [0.717, 1.165) is 18.7 Å². The summed E-state index contributed by atoms with van der Waals surface area (Å²) < 4.78 is 7.40. The van der Waals surface area contributed by atoms with Crippen LogP contribution in [0.1, 0.15) is 38.9 Å². The molecule has 1 atom stereocenters. The molecule has 0 saturated heterocycles. The lowest BCUT2D eigenvalue weighted by molar-refractivity contribution is 0.0593. The van der Waals surface area contributed by atoms with Crippen molar-refractivity contribution < 1.29 is 4.74 Å². The number of nitrogens with zero attached hydrogens (tertiary/aromatic N) is 3. The lowest BCUT2D eigenvalue weighted by atomic mass is 10.2. The Labute approximate surface area is 96.1 Å². The van der Waals surface area contributed by atoms with Crippen LogP contribution in [0.4, 0.5) is 0 Å². The van der Waals surface area contributed by atoms with Gasteiger partial charge in [-0.05, 0) is 20.3 Å². The van der Waals surface area contributed by atoms with E-state index < -0.39 is 0 Å². The normalized spacial score (nSPS) is 13.3. The van der Waals surface area contributed by atoms with E-state index in [4.69, 9.17) is 10.6 Å². The quantitative estimate of drug-likeness (QED) is 0.527. The third-order valence-corrected chi connectivity index (χ3v) is 2.24. The summed E-state index contributed by atoms with van der Waals surface area (Å²) >= 11 is 0. The number of ether oxygens (including phenoxy) is 1. The van der Waals surface area contributed by atoms with Gasteiger partial charge in [-0.25, -0.2) is 10.1 Å². The zero-order chi connectivity index (χ0) is 12.0. The number of hydrazine groups is 1. The third-order valence-electron chi connectivity index (χ3n) is 2.24. The summed E-state index contributed by atoms with van der Waals surface area (Å²) in [5.41, 5.74) is 3.70. The van der Waals surface area contributed by atoms with Crippen LogP contribution in [0, 0.1) is 0 Å². The van der Waals surface area contributed by atoms with Gasteiger partial charge in [0.1, 0.15) is 0 Å². The second kappa shape index (κ2) is 6.57. The summed E-state index contributed by atoms with van der Waals surface area (Å²) in [5.74, 6) is 5.52. The first-order chi connectivity index (χ1) is 7.69. The van der Waals surface area contributed by atoms with Gasteiger partial charge in [0, 0.05) is 6.54 Å². The number of hydrogen-bond donors (Lipinski definition) is 2. The molecule has 0 fully saturated rings. The highest BCUT2D eigenvalue weighted by molar-refractivity contribution is 5.01. The molecule has 1 aromatic rings. The van der Waals surface area contributed by atoms with Gasteiger partial charge in [-0.15, -0.1) is 5.10 Å². The summed E-state index contributed by atoms with van der Waals surface area (Å²) in [5, 5.41) is 7.92. The monoisotopic (exact) mass is 227 g/mol. The molecule has 0 radical (unpaired) electrons. The van der Waals surface area contributed by atoms with E-state index in [0.29, 0.717) is 6.61 Å². The van der Waals surface area contributed by atoms with Crippen molar-refractivity contribution in [1.29, 1.82) is 0 Å². The number of hydrogen-bond acceptors (Lipinski definition) is 5. The summed E-state index contributed by atoms with van der Waals surface area (Å²) in [6, 6.07) is -0.0658. The van der Waals surface area contributed by atoms with Crippen LogP contribution < -0.4 is 11.3 Å². The van der Waals surface area contributed by atoms with Crippen molar-refractivity contribution in [3.8, 4) is 0 Å². The van der Waals surface area contributed by atoms with Gasteiger partial charge in [-0.2, -0.15) is 0 Å². The Morgan fingerprint density at radius 2 is 2.31 bits per heavy atom. The Balaban J connectivity index is 2.66. The fourth-order valence-corrected chi connectivity index (χ4v) is 1.43. The fraction of sp³-hybridized carbons (Fsp3) is 0.800. The molecule has 0 aliphatic rings. The highest BCUT2D eigenvalue weighted by Gasteiger charge is 2.16. The van der Waals surface area contributed by atoms with E-state index in [-0.39, 0.29) is 12.1 Å². The zero-order valence-corrected chi connectivity index (χ0v) is 10.2. The smallest absolute Gasteiger partial charge is 0.0878 e. The predicted molar refractivity (Wildman–Crippen MR) is 61.5 cm³/mol. The number of nitrogens with one attached hydrogen (secondary N) is 1. The van der Waals surface area contributed by atoms with E-state index in [9.17, 15) is 0 Å². The number of aromatic nitrogens is 3. The predicted octanol–water partition coefficient (Wildman–Crippen LogP) is 0.618. The Morgan fingerprint density at radius 1 is 1.56 bits per heavy atom. The molecule has 1 rings (SSSR count). The molecular formula is C10H21N5O. The van der Waals surface area contributed by atoms with Crippen LogP contribution in [0.3, 0.4) is 0 Å². The molecule has 0 spiro atoms. The molecule has 6 nitrogen and oxygen atoms in total. The number of nitrogens with two attached hydrogens (primary N) is 1. The van der Waals surface area contributed by atoms with Gasteiger partial charge in [-0.1, -0.05) is 12.1 Å². The molecule has 0 aromatic carbocycles. The van der Waals surface area contributed by atoms with Gasteiger partial charge in [0.15, 0.2) is 0 Å². The second-order valence-corrected chi connectivity index (χ2v) is 3.98. The number of aryl methyl sites for hydroxylation is 1. The van der Waals surface area contributed by atoms with Gasteiger partial charge >= 0.3 is 0 Å². The maximum Gasteiger partial charge on any atom is 0.0878 e. The molecule has 0 aliphatic carbocycles. The van der Waals surface area contributed by atoms with Crippen molar-refractivity contribution in [3.63, 3.8) is 0 Å². The Kier molecular flexibility index (Phi) is 5.37. The van der Waals surface area contributed by atoms with E-state index in [2.05, 4.69) is 22.7 Å². The van der Waals surface area contributed by atoms with E-state index >= 15 is 0 Å². The van der Waals surface area contributed by atoms with Crippen molar-refractivity contribution in [2.24, 2.45) is 5.84 Å². The Morgan fingerprint density at radius 3 is 2.88 bits per heavy atom. The van der Waals surface area contributed by atoms with E-state index in [1.165, 1.54) is 0 Å². The van der Waals surface area contributed by atoms with Crippen molar-refractivity contribution in [2.75, 3.05) is 6.61 Å². The van der Waals surface area contributed by atoms with E-state index in [1.54, 1.807) is 6.20 Å². The molecular weight excluding hydrogens is 206 g/mol. The average Bonchev–Trinajstić information content (AvgIpc) is 2.68. The molecule has 1 aromatic heterocycles. The highest BCUT2D eigenvalue weighted by Crippen LogP contribution is 2.12. The molecule has 92 valence electrons. The van der Waals surface area contributed by atoms with Crippen LogP contribution in [0.15, 0.2) is 6.20 Å². The lowest BCUT2D eigenvalue weighted by Crippen LogP contribution is -2.33. The maximum atomic E-state index is 5.54. The van der Waals surface area contributed by atoms with Crippen LogP contribution in [-0.4, -0.2) is 27.7 Å². The van der Waals surface area contributed by atoms with Crippen LogP contribution in [0.5, 0.6) is 0 Å². The molecule has 6 heteroatoms. The first-order valence-corrected chi connectivity index (χ1v) is 5.65. The minimum Gasteiger partial charge on any atom is -0.377 e. The van der Waals surface area contributed by atoms with Crippen molar-refractivity contribution in [3.05, 3.63) is 11.9 Å². The first-order valence-electron chi connectivity index (χ1n) is 5.65. The molecule has 1 unspecified atom stereocenters. The second-order valence-electron chi connectivity index (χ2n) is 3.98. The van der Waals surface area contributed by atoms with E-state index in [1.807, 2.05) is 18.5 Å². The first kappa shape index (κ1) is 13.1. The number of rotatable bonds is 7. The molecule has 0 bridgehead atoms. The highest BCUT2D eigenvalue weighted by atomic mass is 16.5. The van der Waals surface area contributed by atoms with Crippen LogP contribution >= 0.6 is 0 Å². The minimum atomic E-state index is -0.0658. The third kappa shape index (κ3) is 3.55. The molecule has 0 saturated carbocycles. The molecule has 1 heterocycles. The fourth-order valence-electron chi connectivity index (χ4n) is 1.43. The molecule has 3 N–H and O–H groups in total. The lowest BCUT2D eigenvalue weighted by Gasteiger charge is -2.18. The van der Waals surface area contributed by atoms with Crippen LogP contribution in [0.2, 0.25) is 0 Å². The van der Waals surface area contributed by atoms with Gasteiger partial charge in [0.25, 0.3) is 0 Å². The Bertz CT molecular complexity index is 299.